The van der Waals surface area contributed by atoms with Crippen molar-refractivity contribution in [2.45, 2.75) is 32.7 Å². The Bertz CT molecular complexity index is 693. The molecule has 0 N–H and O–H groups in total. The Morgan fingerprint density at radius 2 is 1.88 bits per heavy atom. The second kappa shape index (κ2) is 8.50. The molecule has 7 nitrogen and oxygen atoms in total. The van der Waals surface area contributed by atoms with Crippen LogP contribution in [0.25, 0.3) is 0 Å². The Balaban J connectivity index is 1.75. The van der Waals surface area contributed by atoms with Gasteiger partial charge in [-0.3, -0.25) is 14.3 Å². The van der Waals surface area contributed by atoms with Crippen molar-refractivity contribution in [1.29, 1.82) is 0 Å². The van der Waals surface area contributed by atoms with Crippen LogP contribution >= 0.6 is 0 Å². The van der Waals surface area contributed by atoms with Crippen LogP contribution in [0.5, 0.6) is 0 Å². The third-order valence-electron chi connectivity index (χ3n) is 4.22. The average Bonchev–Trinajstić information content (AvgIpc) is 3.23. The highest BCUT2D eigenvalue weighted by molar-refractivity contribution is 5.78. The lowest BCUT2D eigenvalue weighted by Crippen LogP contribution is -2.38. The van der Waals surface area contributed by atoms with Crippen molar-refractivity contribution in [2.24, 2.45) is 0 Å². The smallest absolute Gasteiger partial charge is 0.226 e. The highest BCUT2D eigenvalue weighted by atomic mass is 16.3. The standard InChI is InChI=1S/C18H26N4O3/c1-14-5-7-22(19-14)15(2)11-17(23)20(3)8-9-21(4)18(24)12-16-6-10-25-13-16/h5-7,10,13,15H,8-9,11-12H2,1-4H3. The summed E-state index contributed by atoms with van der Waals surface area (Å²) in [5.74, 6) is 0.0407. The summed E-state index contributed by atoms with van der Waals surface area (Å²) in [5.41, 5.74) is 1.79. The van der Waals surface area contributed by atoms with Gasteiger partial charge < -0.3 is 14.2 Å². The molecule has 7 heteroatoms. The molecule has 0 bridgehead atoms. The molecule has 0 aliphatic heterocycles. The molecule has 1 atom stereocenters. The molecule has 2 aromatic heterocycles. The quantitative estimate of drug-likeness (QED) is 0.732. The fourth-order valence-corrected chi connectivity index (χ4v) is 2.43. The van der Waals surface area contributed by atoms with E-state index >= 15 is 0 Å². The number of likely N-dealkylation sites (N-methyl/N-ethyl adjacent to an activating group) is 2. The third kappa shape index (κ3) is 5.48. The lowest BCUT2D eigenvalue weighted by Gasteiger charge is -2.23. The highest BCUT2D eigenvalue weighted by Crippen LogP contribution is 2.11. The molecule has 0 radical (unpaired) electrons. The van der Waals surface area contributed by atoms with Crippen molar-refractivity contribution in [3.63, 3.8) is 0 Å². The van der Waals surface area contributed by atoms with Crippen LogP contribution in [0, 0.1) is 6.92 Å². The maximum absolute atomic E-state index is 12.3. The van der Waals surface area contributed by atoms with Gasteiger partial charge in [0.05, 0.1) is 30.7 Å². The minimum atomic E-state index is 0.00244. The number of aryl methyl sites for hydroxylation is 1. The van der Waals surface area contributed by atoms with Crippen LogP contribution in [0.2, 0.25) is 0 Å². The first kappa shape index (κ1) is 18.8. The summed E-state index contributed by atoms with van der Waals surface area (Å²) < 4.78 is 6.78. The molecule has 1 unspecified atom stereocenters. The van der Waals surface area contributed by atoms with E-state index in [1.54, 1.807) is 42.5 Å². The largest absolute Gasteiger partial charge is 0.472 e. The van der Waals surface area contributed by atoms with Crippen molar-refractivity contribution in [2.75, 3.05) is 27.2 Å². The molecular weight excluding hydrogens is 320 g/mol. The molecule has 2 amide bonds. The molecule has 25 heavy (non-hydrogen) atoms. The van der Waals surface area contributed by atoms with Gasteiger partial charge in [-0.1, -0.05) is 0 Å². The number of aromatic nitrogens is 2. The lowest BCUT2D eigenvalue weighted by atomic mass is 10.2. The zero-order valence-electron chi connectivity index (χ0n) is 15.3. The molecule has 0 saturated heterocycles. The lowest BCUT2D eigenvalue weighted by molar-refractivity contribution is -0.133. The second-order valence-electron chi connectivity index (χ2n) is 6.43. The first-order valence-electron chi connectivity index (χ1n) is 8.37. The van der Waals surface area contributed by atoms with Gasteiger partial charge in [0.25, 0.3) is 0 Å². The number of carbonyl (C=O) groups excluding carboxylic acids is 2. The van der Waals surface area contributed by atoms with Crippen molar-refractivity contribution in [1.82, 2.24) is 19.6 Å². The van der Waals surface area contributed by atoms with Gasteiger partial charge in [-0.25, -0.2) is 0 Å². The molecule has 2 aromatic rings. The molecule has 0 aliphatic rings. The van der Waals surface area contributed by atoms with E-state index in [0.29, 0.717) is 25.9 Å². The van der Waals surface area contributed by atoms with Gasteiger partial charge in [0.1, 0.15) is 0 Å². The average molecular weight is 346 g/mol. The first-order valence-corrected chi connectivity index (χ1v) is 8.37. The van der Waals surface area contributed by atoms with Crippen LogP contribution < -0.4 is 0 Å². The first-order chi connectivity index (χ1) is 11.9. The Morgan fingerprint density at radius 3 is 2.44 bits per heavy atom. The van der Waals surface area contributed by atoms with Crippen LogP contribution in [-0.2, 0) is 16.0 Å². The summed E-state index contributed by atoms with van der Waals surface area (Å²) in [5, 5.41) is 4.34. The minimum Gasteiger partial charge on any atom is -0.472 e. The predicted molar refractivity (Wildman–Crippen MR) is 94.0 cm³/mol. The van der Waals surface area contributed by atoms with Crippen molar-refractivity contribution < 1.29 is 14.0 Å². The summed E-state index contributed by atoms with van der Waals surface area (Å²) in [7, 11) is 3.51. The van der Waals surface area contributed by atoms with Gasteiger partial charge in [0, 0.05) is 39.8 Å². The number of hydrogen-bond donors (Lipinski definition) is 0. The van der Waals surface area contributed by atoms with E-state index in [0.717, 1.165) is 11.3 Å². The Labute approximate surface area is 148 Å². The SMILES string of the molecule is Cc1ccn(C(C)CC(=O)N(C)CCN(C)C(=O)Cc2ccoc2)n1. The Morgan fingerprint density at radius 1 is 1.20 bits per heavy atom. The third-order valence-corrected chi connectivity index (χ3v) is 4.22. The summed E-state index contributed by atoms with van der Waals surface area (Å²) in [6, 6.07) is 3.70. The molecule has 0 saturated carbocycles. The molecule has 0 aromatic carbocycles. The van der Waals surface area contributed by atoms with Gasteiger partial charge in [-0.05, 0) is 31.5 Å². The normalized spacial score (nSPS) is 12.0. The molecule has 2 heterocycles. The zero-order valence-corrected chi connectivity index (χ0v) is 15.3. The van der Waals surface area contributed by atoms with E-state index in [1.807, 2.05) is 30.8 Å². The van der Waals surface area contributed by atoms with Crippen molar-refractivity contribution >= 4 is 11.8 Å². The monoisotopic (exact) mass is 346 g/mol. The van der Waals surface area contributed by atoms with E-state index in [2.05, 4.69) is 5.10 Å². The molecule has 0 aliphatic carbocycles. The zero-order chi connectivity index (χ0) is 18.4. The van der Waals surface area contributed by atoms with Crippen molar-refractivity contribution in [3.8, 4) is 0 Å². The molecule has 0 fully saturated rings. The van der Waals surface area contributed by atoms with Crippen LogP contribution in [0.4, 0.5) is 0 Å². The molecule has 2 rings (SSSR count). The van der Waals surface area contributed by atoms with Crippen LogP contribution in [0.3, 0.4) is 0 Å². The molecular formula is C18H26N4O3. The Hall–Kier alpha value is -2.57. The Kier molecular flexibility index (Phi) is 6.38. The topological polar surface area (TPSA) is 71.6 Å². The maximum Gasteiger partial charge on any atom is 0.226 e. The molecule has 0 spiro atoms. The predicted octanol–water partition coefficient (Wildman–Crippen LogP) is 1.90. The van der Waals surface area contributed by atoms with Crippen molar-refractivity contribution in [3.05, 3.63) is 42.1 Å². The second-order valence-corrected chi connectivity index (χ2v) is 6.43. The summed E-state index contributed by atoms with van der Waals surface area (Å²) in [6.07, 6.45) is 5.69. The summed E-state index contributed by atoms with van der Waals surface area (Å²) >= 11 is 0. The maximum atomic E-state index is 12.3. The number of rotatable bonds is 8. The van der Waals surface area contributed by atoms with Crippen LogP contribution in [0.1, 0.15) is 30.6 Å². The van der Waals surface area contributed by atoms with Gasteiger partial charge in [-0.2, -0.15) is 5.10 Å². The number of hydrogen-bond acceptors (Lipinski definition) is 4. The number of furan rings is 1. The summed E-state index contributed by atoms with van der Waals surface area (Å²) in [4.78, 5) is 27.8. The fraction of sp³-hybridized carbons (Fsp3) is 0.500. The van der Waals surface area contributed by atoms with E-state index in [4.69, 9.17) is 4.42 Å². The van der Waals surface area contributed by atoms with Gasteiger partial charge in [0.15, 0.2) is 0 Å². The number of carbonyl (C=O) groups is 2. The van der Waals surface area contributed by atoms with E-state index < -0.39 is 0 Å². The van der Waals surface area contributed by atoms with Gasteiger partial charge in [-0.15, -0.1) is 0 Å². The van der Waals surface area contributed by atoms with Crippen LogP contribution in [0.15, 0.2) is 35.3 Å². The number of nitrogens with zero attached hydrogens (tertiary/aromatic N) is 4. The van der Waals surface area contributed by atoms with E-state index in [9.17, 15) is 9.59 Å². The minimum absolute atomic E-state index is 0.00244. The van der Waals surface area contributed by atoms with Gasteiger partial charge >= 0.3 is 0 Å². The van der Waals surface area contributed by atoms with E-state index in [1.165, 1.54) is 0 Å². The van der Waals surface area contributed by atoms with E-state index in [-0.39, 0.29) is 17.9 Å². The highest BCUT2D eigenvalue weighted by Gasteiger charge is 2.17. The number of amides is 2. The molecule has 136 valence electrons. The van der Waals surface area contributed by atoms with Gasteiger partial charge in [0.2, 0.25) is 11.8 Å². The summed E-state index contributed by atoms with van der Waals surface area (Å²) in [6.45, 7) is 4.89. The van der Waals surface area contributed by atoms with Crippen LogP contribution in [-0.4, -0.2) is 58.6 Å². The fourth-order valence-electron chi connectivity index (χ4n) is 2.43.